The molecule has 0 saturated carbocycles. The Bertz CT molecular complexity index is 212. The zero-order chi connectivity index (χ0) is 12.0. The fourth-order valence-electron chi connectivity index (χ4n) is 2.57. The first-order chi connectivity index (χ1) is 7.72. The van der Waals surface area contributed by atoms with Crippen molar-refractivity contribution in [3.8, 4) is 0 Å². The van der Waals surface area contributed by atoms with Gasteiger partial charge in [-0.15, -0.1) is 0 Å². The number of nitrogens with zero attached hydrogens (tertiary/aromatic N) is 2. The average molecular weight is 226 g/mol. The molecular weight excluding hydrogens is 200 g/mol. The van der Waals surface area contributed by atoms with Crippen molar-refractivity contribution >= 4 is 5.91 Å². The van der Waals surface area contributed by atoms with Gasteiger partial charge in [-0.25, -0.2) is 0 Å². The van der Waals surface area contributed by atoms with Gasteiger partial charge in [-0.3, -0.25) is 4.79 Å². The highest BCUT2D eigenvalue weighted by Crippen LogP contribution is 2.18. The molecule has 3 nitrogen and oxygen atoms in total. The van der Waals surface area contributed by atoms with Crippen LogP contribution in [-0.4, -0.2) is 48.4 Å². The molecule has 0 bridgehead atoms. The topological polar surface area (TPSA) is 23.6 Å². The van der Waals surface area contributed by atoms with E-state index in [1.165, 1.54) is 19.4 Å². The summed E-state index contributed by atoms with van der Waals surface area (Å²) in [4.78, 5) is 16.6. The lowest BCUT2D eigenvalue weighted by Crippen LogP contribution is -2.44. The van der Waals surface area contributed by atoms with E-state index in [0.717, 1.165) is 32.6 Å². The molecule has 1 heterocycles. The van der Waals surface area contributed by atoms with Crippen LogP contribution in [-0.2, 0) is 4.79 Å². The van der Waals surface area contributed by atoms with Gasteiger partial charge >= 0.3 is 0 Å². The van der Waals surface area contributed by atoms with Gasteiger partial charge in [0.1, 0.15) is 0 Å². The fraction of sp³-hybridized carbons (Fsp3) is 0.923. The van der Waals surface area contributed by atoms with Gasteiger partial charge in [-0.1, -0.05) is 6.92 Å². The highest BCUT2D eigenvalue weighted by molar-refractivity contribution is 5.79. The van der Waals surface area contributed by atoms with Crippen molar-refractivity contribution in [2.75, 3.05) is 32.7 Å². The molecule has 94 valence electrons. The second kappa shape index (κ2) is 6.89. The van der Waals surface area contributed by atoms with Crippen LogP contribution in [0.3, 0.4) is 0 Å². The molecule has 1 unspecified atom stereocenters. The first-order valence-corrected chi connectivity index (χ1v) is 6.74. The average Bonchev–Trinajstić information content (AvgIpc) is 2.31. The van der Waals surface area contributed by atoms with Gasteiger partial charge in [0.25, 0.3) is 0 Å². The summed E-state index contributed by atoms with van der Waals surface area (Å²) in [7, 11) is 0. The number of hydrogen-bond donors (Lipinski definition) is 0. The standard InChI is InChI=1S/C13H26N2O/c1-4-9-14-10-7-8-12(11-14)13(16)15(5-2)6-3/h12H,4-11H2,1-3H3. The van der Waals surface area contributed by atoms with Crippen LogP contribution in [0.4, 0.5) is 0 Å². The SMILES string of the molecule is CCCN1CCCC(C(=O)N(CC)CC)C1. The summed E-state index contributed by atoms with van der Waals surface area (Å²) in [5.74, 6) is 0.617. The van der Waals surface area contributed by atoms with Crippen molar-refractivity contribution in [1.29, 1.82) is 0 Å². The van der Waals surface area contributed by atoms with Crippen LogP contribution in [0.1, 0.15) is 40.0 Å². The quantitative estimate of drug-likeness (QED) is 0.715. The molecule has 1 fully saturated rings. The van der Waals surface area contributed by atoms with Crippen LogP contribution in [0.2, 0.25) is 0 Å². The number of piperidine rings is 1. The number of amides is 1. The molecule has 1 amide bonds. The molecule has 0 aliphatic carbocycles. The van der Waals surface area contributed by atoms with E-state index in [0.29, 0.717) is 5.91 Å². The Hall–Kier alpha value is -0.570. The summed E-state index contributed by atoms with van der Waals surface area (Å²) >= 11 is 0. The van der Waals surface area contributed by atoms with E-state index in [-0.39, 0.29) is 5.92 Å². The van der Waals surface area contributed by atoms with Crippen molar-refractivity contribution in [2.45, 2.75) is 40.0 Å². The molecule has 1 aliphatic rings. The normalized spacial score (nSPS) is 22.1. The Kier molecular flexibility index (Phi) is 5.81. The minimum atomic E-state index is 0.250. The predicted molar refractivity (Wildman–Crippen MR) is 67.4 cm³/mol. The van der Waals surface area contributed by atoms with E-state index in [9.17, 15) is 4.79 Å². The lowest BCUT2D eigenvalue weighted by atomic mass is 9.96. The highest BCUT2D eigenvalue weighted by Gasteiger charge is 2.27. The first-order valence-electron chi connectivity index (χ1n) is 6.74. The maximum Gasteiger partial charge on any atom is 0.226 e. The number of hydrogen-bond acceptors (Lipinski definition) is 2. The van der Waals surface area contributed by atoms with Crippen molar-refractivity contribution in [3.05, 3.63) is 0 Å². The van der Waals surface area contributed by atoms with Gasteiger partial charge in [-0.2, -0.15) is 0 Å². The lowest BCUT2D eigenvalue weighted by Gasteiger charge is -2.34. The Morgan fingerprint density at radius 2 is 2.00 bits per heavy atom. The van der Waals surface area contributed by atoms with Gasteiger partial charge in [0.2, 0.25) is 5.91 Å². The molecule has 1 aliphatic heterocycles. The summed E-state index contributed by atoms with van der Waals surface area (Å²) in [5, 5.41) is 0. The van der Waals surface area contributed by atoms with Crippen molar-refractivity contribution < 1.29 is 4.79 Å². The zero-order valence-corrected chi connectivity index (χ0v) is 11.0. The number of carbonyl (C=O) groups is 1. The van der Waals surface area contributed by atoms with Gasteiger partial charge in [-0.05, 0) is 46.2 Å². The Morgan fingerprint density at radius 3 is 2.56 bits per heavy atom. The summed E-state index contributed by atoms with van der Waals surface area (Å²) < 4.78 is 0. The van der Waals surface area contributed by atoms with E-state index in [4.69, 9.17) is 0 Å². The maximum atomic E-state index is 12.2. The molecule has 1 atom stereocenters. The van der Waals surface area contributed by atoms with Gasteiger partial charge in [0.05, 0.1) is 5.92 Å². The monoisotopic (exact) mass is 226 g/mol. The summed E-state index contributed by atoms with van der Waals surface area (Å²) in [5.41, 5.74) is 0. The molecule has 3 heteroatoms. The smallest absolute Gasteiger partial charge is 0.226 e. The van der Waals surface area contributed by atoms with Crippen LogP contribution >= 0.6 is 0 Å². The molecule has 1 rings (SSSR count). The molecule has 0 aromatic carbocycles. The minimum absolute atomic E-state index is 0.250. The second-order valence-electron chi connectivity index (χ2n) is 4.65. The van der Waals surface area contributed by atoms with Crippen LogP contribution < -0.4 is 0 Å². The maximum absolute atomic E-state index is 12.2. The minimum Gasteiger partial charge on any atom is -0.343 e. The van der Waals surface area contributed by atoms with E-state index in [1.54, 1.807) is 0 Å². The lowest BCUT2D eigenvalue weighted by molar-refractivity contribution is -0.136. The van der Waals surface area contributed by atoms with E-state index >= 15 is 0 Å². The van der Waals surface area contributed by atoms with E-state index in [1.807, 2.05) is 4.90 Å². The summed E-state index contributed by atoms with van der Waals surface area (Å²) in [6.07, 6.45) is 3.44. The van der Waals surface area contributed by atoms with E-state index < -0.39 is 0 Å². The molecule has 0 radical (unpaired) electrons. The summed E-state index contributed by atoms with van der Waals surface area (Å²) in [6.45, 7) is 11.3. The van der Waals surface area contributed by atoms with Crippen LogP contribution in [0, 0.1) is 5.92 Å². The molecule has 0 N–H and O–H groups in total. The van der Waals surface area contributed by atoms with Crippen molar-refractivity contribution in [2.24, 2.45) is 5.92 Å². The van der Waals surface area contributed by atoms with Crippen molar-refractivity contribution in [1.82, 2.24) is 9.80 Å². The molecule has 0 aromatic heterocycles. The number of carbonyl (C=O) groups excluding carboxylic acids is 1. The number of likely N-dealkylation sites (tertiary alicyclic amines) is 1. The Balaban J connectivity index is 2.49. The second-order valence-corrected chi connectivity index (χ2v) is 4.65. The van der Waals surface area contributed by atoms with Gasteiger partial charge < -0.3 is 9.80 Å². The third kappa shape index (κ3) is 3.48. The third-order valence-corrected chi connectivity index (χ3v) is 3.47. The molecule has 0 aromatic rings. The van der Waals surface area contributed by atoms with E-state index in [2.05, 4.69) is 25.7 Å². The number of rotatable bonds is 5. The largest absolute Gasteiger partial charge is 0.343 e. The molecule has 16 heavy (non-hydrogen) atoms. The summed E-state index contributed by atoms with van der Waals surface area (Å²) in [6, 6.07) is 0. The first kappa shape index (κ1) is 13.5. The van der Waals surface area contributed by atoms with Crippen molar-refractivity contribution in [3.63, 3.8) is 0 Å². The Morgan fingerprint density at radius 1 is 1.31 bits per heavy atom. The van der Waals surface area contributed by atoms with Crippen LogP contribution in [0.25, 0.3) is 0 Å². The van der Waals surface area contributed by atoms with Gasteiger partial charge in [0.15, 0.2) is 0 Å². The van der Waals surface area contributed by atoms with Crippen LogP contribution in [0.15, 0.2) is 0 Å². The molecule has 0 spiro atoms. The molecule has 1 saturated heterocycles. The third-order valence-electron chi connectivity index (χ3n) is 3.47. The van der Waals surface area contributed by atoms with Crippen LogP contribution in [0.5, 0.6) is 0 Å². The predicted octanol–water partition coefficient (Wildman–Crippen LogP) is 1.98. The fourth-order valence-corrected chi connectivity index (χ4v) is 2.57. The highest BCUT2D eigenvalue weighted by atomic mass is 16.2. The molecular formula is C13H26N2O. The Labute approximate surface area is 99.8 Å². The van der Waals surface area contributed by atoms with Gasteiger partial charge in [0, 0.05) is 19.6 Å². The zero-order valence-electron chi connectivity index (χ0n) is 11.0.